The van der Waals surface area contributed by atoms with Crippen molar-refractivity contribution in [2.75, 3.05) is 13.1 Å². The topological polar surface area (TPSA) is 56.3 Å². The van der Waals surface area contributed by atoms with E-state index in [-0.39, 0.29) is 11.8 Å². The lowest BCUT2D eigenvalue weighted by Gasteiger charge is -2.35. The van der Waals surface area contributed by atoms with Crippen LogP contribution in [0.15, 0.2) is 30.5 Å². The zero-order valence-electron chi connectivity index (χ0n) is 12.0. The number of aromatic amines is 1. The second kappa shape index (κ2) is 4.60. The molecule has 0 bridgehead atoms. The van der Waals surface area contributed by atoms with Crippen LogP contribution in [0.4, 0.5) is 0 Å². The molecule has 0 radical (unpaired) electrons. The van der Waals surface area contributed by atoms with Crippen LogP contribution in [0.2, 0.25) is 0 Å². The fourth-order valence-electron chi connectivity index (χ4n) is 3.57. The van der Waals surface area contributed by atoms with Gasteiger partial charge in [0.2, 0.25) is 0 Å². The van der Waals surface area contributed by atoms with E-state index in [1.54, 1.807) is 0 Å². The third kappa shape index (κ3) is 2.14. The molecule has 1 aromatic heterocycles. The van der Waals surface area contributed by atoms with Gasteiger partial charge in [-0.15, -0.1) is 0 Å². The van der Waals surface area contributed by atoms with Gasteiger partial charge in [0.25, 0.3) is 5.91 Å². The van der Waals surface area contributed by atoms with Crippen molar-refractivity contribution in [2.45, 2.75) is 31.3 Å². The predicted octanol–water partition coefficient (Wildman–Crippen LogP) is 2.55. The number of benzene rings is 1. The van der Waals surface area contributed by atoms with Crippen molar-refractivity contribution in [1.82, 2.24) is 9.88 Å². The maximum Gasteiger partial charge on any atom is 0.255 e. The molecule has 1 aliphatic heterocycles. The molecule has 1 amide bonds. The summed E-state index contributed by atoms with van der Waals surface area (Å²) < 4.78 is 0. The lowest BCUT2D eigenvalue weighted by Crippen LogP contribution is -2.44. The molecule has 1 aromatic carbocycles. The summed E-state index contributed by atoms with van der Waals surface area (Å²) in [6, 6.07) is 7.81. The number of hydrogen-bond donors (Lipinski definition) is 2. The Labute approximate surface area is 123 Å². The lowest BCUT2D eigenvalue weighted by molar-refractivity contribution is 0.0283. The first-order valence-corrected chi connectivity index (χ1v) is 7.75. The SMILES string of the molecule is O=C(c1cccc2cc[nH]c12)N1CCCC(C2(O)CC2)C1. The Kier molecular flexibility index (Phi) is 2.82. The van der Waals surface area contributed by atoms with Crippen LogP contribution in [0.3, 0.4) is 0 Å². The molecule has 0 spiro atoms. The molecular weight excluding hydrogens is 264 g/mol. The van der Waals surface area contributed by atoms with Crippen molar-refractivity contribution >= 4 is 16.8 Å². The summed E-state index contributed by atoms with van der Waals surface area (Å²) in [4.78, 5) is 17.9. The number of carbonyl (C=O) groups is 1. The number of carbonyl (C=O) groups excluding carboxylic acids is 1. The molecule has 110 valence electrons. The third-order valence-corrected chi connectivity index (χ3v) is 5.05. The number of para-hydroxylation sites is 1. The highest BCUT2D eigenvalue weighted by Gasteiger charge is 2.49. The van der Waals surface area contributed by atoms with Gasteiger partial charge in [0.15, 0.2) is 0 Å². The minimum absolute atomic E-state index is 0.0806. The molecule has 2 N–H and O–H groups in total. The summed E-state index contributed by atoms with van der Waals surface area (Å²) in [5, 5.41) is 11.4. The van der Waals surface area contributed by atoms with E-state index in [4.69, 9.17) is 0 Å². The van der Waals surface area contributed by atoms with Crippen LogP contribution in [0.1, 0.15) is 36.0 Å². The largest absolute Gasteiger partial charge is 0.390 e. The number of likely N-dealkylation sites (tertiary alicyclic amines) is 1. The van der Waals surface area contributed by atoms with Crippen LogP contribution in [0.25, 0.3) is 10.9 Å². The molecule has 1 saturated heterocycles. The van der Waals surface area contributed by atoms with Gasteiger partial charge in [-0.2, -0.15) is 0 Å². The lowest BCUT2D eigenvalue weighted by atomic mass is 9.90. The molecule has 1 atom stereocenters. The van der Waals surface area contributed by atoms with Gasteiger partial charge in [0.05, 0.1) is 16.7 Å². The average molecular weight is 284 g/mol. The van der Waals surface area contributed by atoms with Crippen molar-refractivity contribution in [3.8, 4) is 0 Å². The highest BCUT2D eigenvalue weighted by atomic mass is 16.3. The Bertz CT molecular complexity index is 687. The number of rotatable bonds is 2. The van der Waals surface area contributed by atoms with Gasteiger partial charge in [-0.3, -0.25) is 4.79 Å². The molecule has 2 fully saturated rings. The maximum atomic E-state index is 12.8. The standard InChI is InChI=1S/C17H20N2O2/c20-16(14-5-1-3-12-6-9-18-15(12)14)19-10-2-4-13(11-19)17(21)7-8-17/h1,3,5-6,9,13,18,21H,2,4,7-8,10-11H2. The van der Waals surface area contributed by atoms with E-state index in [0.29, 0.717) is 6.54 Å². The molecule has 21 heavy (non-hydrogen) atoms. The second-order valence-electron chi connectivity index (χ2n) is 6.44. The number of fused-ring (bicyclic) bond motifs is 1. The number of hydrogen-bond acceptors (Lipinski definition) is 2. The van der Waals surface area contributed by atoms with E-state index in [2.05, 4.69) is 4.98 Å². The monoisotopic (exact) mass is 284 g/mol. The van der Waals surface area contributed by atoms with E-state index in [0.717, 1.165) is 48.7 Å². The van der Waals surface area contributed by atoms with E-state index in [1.165, 1.54) is 0 Å². The molecule has 1 aliphatic carbocycles. The summed E-state index contributed by atoms with van der Waals surface area (Å²) in [6.45, 7) is 1.48. The van der Waals surface area contributed by atoms with E-state index >= 15 is 0 Å². The quantitative estimate of drug-likeness (QED) is 0.890. The van der Waals surface area contributed by atoms with Gasteiger partial charge in [-0.25, -0.2) is 0 Å². The van der Waals surface area contributed by atoms with Gasteiger partial charge in [0.1, 0.15) is 0 Å². The highest BCUT2D eigenvalue weighted by molar-refractivity contribution is 6.05. The van der Waals surface area contributed by atoms with Crippen LogP contribution < -0.4 is 0 Å². The number of H-pyrrole nitrogens is 1. The molecule has 2 aromatic rings. The molecule has 1 saturated carbocycles. The molecule has 4 rings (SSSR count). The Morgan fingerprint density at radius 2 is 2.19 bits per heavy atom. The van der Waals surface area contributed by atoms with Crippen LogP contribution in [0.5, 0.6) is 0 Å². The zero-order chi connectivity index (χ0) is 14.4. The number of amides is 1. The minimum Gasteiger partial charge on any atom is -0.390 e. The first-order valence-electron chi connectivity index (χ1n) is 7.75. The number of piperidine rings is 1. The van der Waals surface area contributed by atoms with Gasteiger partial charge in [-0.05, 0) is 37.8 Å². The van der Waals surface area contributed by atoms with Gasteiger partial charge < -0.3 is 15.0 Å². The molecular formula is C17H20N2O2. The number of aromatic nitrogens is 1. The smallest absolute Gasteiger partial charge is 0.255 e. The number of aliphatic hydroxyl groups is 1. The van der Waals surface area contributed by atoms with Gasteiger partial charge >= 0.3 is 0 Å². The number of nitrogens with zero attached hydrogens (tertiary/aromatic N) is 1. The van der Waals surface area contributed by atoms with E-state index < -0.39 is 5.60 Å². The summed E-state index contributed by atoms with van der Waals surface area (Å²) in [5.74, 6) is 0.329. The third-order valence-electron chi connectivity index (χ3n) is 5.05. The molecule has 4 nitrogen and oxygen atoms in total. The Morgan fingerprint density at radius 3 is 3.00 bits per heavy atom. The second-order valence-corrected chi connectivity index (χ2v) is 6.44. The van der Waals surface area contributed by atoms with Crippen molar-refractivity contribution in [2.24, 2.45) is 5.92 Å². The van der Waals surface area contributed by atoms with Crippen LogP contribution >= 0.6 is 0 Å². The summed E-state index contributed by atoms with van der Waals surface area (Å²) in [6.07, 6.45) is 5.68. The zero-order valence-corrected chi connectivity index (χ0v) is 12.0. The fraction of sp³-hybridized carbons (Fsp3) is 0.471. The first-order chi connectivity index (χ1) is 10.2. The Morgan fingerprint density at radius 1 is 1.33 bits per heavy atom. The molecule has 2 heterocycles. The minimum atomic E-state index is -0.489. The fourth-order valence-corrected chi connectivity index (χ4v) is 3.57. The van der Waals surface area contributed by atoms with Crippen LogP contribution in [-0.2, 0) is 0 Å². The predicted molar refractivity (Wildman–Crippen MR) is 81.1 cm³/mol. The summed E-state index contributed by atoms with van der Waals surface area (Å²) in [7, 11) is 0. The normalized spacial score (nSPS) is 24.2. The van der Waals surface area contributed by atoms with Crippen molar-refractivity contribution in [3.63, 3.8) is 0 Å². The Balaban J connectivity index is 1.60. The van der Waals surface area contributed by atoms with Crippen LogP contribution in [-0.4, -0.2) is 39.6 Å². The molecule has 4 heteroatoms. The molecule has 1 unspecified atom stereocenters. The highest BCUT2D eigenvalue weighted by Crippen LogP contribution is 2.45. The van der Waals surface area contributed by atoms with E-state index in [9.17, 15) is 9.90 Å². The van der Waals surface area contributed by atoms with Crippen molar-refractivity contribution in [1.29, 1.82) is 0 Å². The average Bonchev–Trinajstić information content (AvgIpc) is 3.09. The maximum absolute atomic E-state index is 12.8. The summed E-state index contributed by atoms with van der Waals surface area (Å²) >= 11 is 0. The Hall–Kier alpha value is -1.81. The molecule has 2 aliphatic rings. The van der Waals surface area contributed by atoms with Crippen LogP contribution in [0, 0.1) is 5.92 Å². The van der Waals surface area contributed by atoms with Crippen molar-refractivity contribution < 1.29 is 9.90 Å². The van der Waals surface area contributed by atoms with Gasteiger partial charge in [-0.1, -0.05) is 12.1 Å². The summed E-state index contributed by atoms with van der Waals surface area (Å²) in [5.41, 5.74) is 1.16. The van der Waals surface area contributed by atoms with Gasteiger partial charge in [0, 0.05) is 30.6 Å². The van der Waals surface area contributed by atoms with E-state index in [1.807, 2.05) is 35.4 Å². The first kappa shape index (κ1) is 12.9. The number of nitrogens with one attached hydrogen (secondary N) is 1. The van der Waals surface area contributed by atoms with Crippen molar-refractivity contribution in [3.05, 3.63) is 36.0 Å².